The van der Waals surface area contributed by atoms with Gasteiger partial charge in [-0.2, -0.15) is 8.78 Å². The first-order chi connectivity index (χ1) is 14.6. The topological polar surface area (TPSA) is 53.3 Å². The lowest BCUT2D eigenvalue weighted by atomic mass is 10.2. The summed E-state index contributed by atoms with van der Waals surface area (Å²) in [5.74, 6) is 0.754. The fourth-order valence-corrected chi connectivity index (χ4v) is 4.86. The van der Waals surface area contributed by atoms with Crippen molar-refractivity contribution < 1.29 is 18.3 Å². The number of aromatic nitrogens is 2. The number of thioether (sulfide) groups is 1. The number of fused-ring (bicyclic) bond motifs is 1. The SMILES string of the molecule is COc1cc(CSc2nc3ccccc3c(=O)n2C2CCCC2)ccc1OC(F)F. The van der Waals surface area contributed by atoms with Crippen molar-refractivity contribution in [1.82, 2.24) is 9.55 Å². The van der Waals surface area contributed by atoms with Crippen LogP contribution < -0.4 is 15.0 Å². The Balaban J connectivity index is 1.65. The van der Waals surface area contributed by atoms with Gasteiger partial charge in [-0.3, -0.25) is 9.36 Å². The molecule has 0 unspecified atom stereocenters. The standard InChI is InChI=1S/C22H22F2N2O3S/c1-28-19-12-14(10-11-18(19)29-21(23)24)13-30-22-25-17-9-5-4-8-16(17)20(27)26(22)15-6-2-3-7-15/h4-5,8-12,15,21H,2-3,6-7,13H2,1H3. The highest BCUT2D eigenvalue weighted by atomic mass is 32.2. The van der Waals surface area contributed by atoms with Gasteiger partial charge in [-0.15, -0.1) is 0 Å². The summed E-state index contributed by atoms with van der Waals surface area (Å²) in [6.45, 7) is -2.92. The molecule has 1 aliphatic rings. The van der Waals surface area contributed by atoms with Crippen LogP contribution in [0.25, 0.3) is 10.9 Å². The second-order valence-electron chi connectivity index (χ2n) is 7.18. The Hall–Kier alpha value is -2.61. The number of methoxy groups -OCH3 is 1. The van der Waals surface area contributed by atoms with Gasteiger partial charge in [-0.25, -0.2) is 4.98 Å². The Labute approximate surface area is 177 Å². The van der Waals surface area contributed by atoms with Gasteiger partial charge in [-0.05, 0) is 42.7 Å². The highest BCUT2D eigenvalue weighted by Crippen LogP contribution is 2.35. The van der Waals surface area contributed by atoms with Crippen molar-refractivity contribution in [1.29, 1.82) is 0 Å². The maximum atomic E-state index is 13.2. The second-order valence-corrected chi connectivity index (χ2v) is 8.12. The van der Waals surface area contributed by atoms with Crippen LogP contribution in [0, 0.1) is 0 Å². The number of para-hydroxylation sites is 1. The third-order valence-corrected chi connectivity index (χ3v) is 6.30. The maximum Gasteiger partial charge on any atom is 0.387 e. The van der Waals surface area contributed by atoms with Crippen LogP contribution in [0.1, 0.15) is 37.3 Å². The van der Waals surface area contributed by atoms with Crippen LogP contribution in [0.5, 0.6) is 11.5 Å². The molecule has 2 aromatic carbocycles. The molecule has 0 bridgehead atoms. The molecular weight excluding hydrogens is 410 g/mol. The first-order valence-electron chi connectivity index (χ1n) is 9.82. The van der Waals surface area contributed by atoms with Gasteiger partial charge in [0.05, 0.1) is 18.0 Å². The van der Waals surface area contributed by atoms with Gasteiger partial charge in [0.1, 0.15) is 0 Å². The van der Waals surface area contributed by atoms with Crippen LogP contribution in [0.2, 0.25) is 0 Å². The Bertz CT molecular complexity index is 1100. The van der Waals surface area contributed by atoms with E-state index in [9.17, 15) is 13.6 Å². The molecule has 5 nitrogen and oxygen atoms in total. The molecule has 3 aromatic rings. The van der Waals surface area contributed by atoms with E-state index in [1.54, 1.807) is 12.1 Å². The normalized spacial score (nSPS) is 14.5. The molecule has 1 fully saturated rings. The summed E-state index contributed by atoms with van der Waals surface area (Å²) in [6.07, 6.45) is 4.16. The molecule has 0 radical (unpaired) electrons. The van der Waals surface area contributed by atoms with Crippen molar-refractivity contribution >= 4 is 22.7 Å². The molecule has 0 atom stereocenters. The lowest BCUT2D eigenvalue weighted by Crippen LogP contribution is -2.26. The number of alkyl halides is 2. The Kier molecular flexibility index (Phi) is 6.22. The average Bonchev–Trinajstić information content (AvgIpc) is 3.27. The molecule has 30 heavy (non-hydrogen) atoms. The summed E-state index contributed by atoms with van der Waals surface area (Å²) < 4.78 is 36.6. The van der Waals surface area contributed by atoms with Crippen molar-refractivity contribution in [3.8, 4) is 11.5 Å². The second kappa shape index (κ2) is 9.04. The third kappa shape index (κ3) is 4.28. The molecule has 1 aliphatic carbocycles. The fourth-order valence-electron chi connectivity index (χ4n) is 3.85. The predicted molar refractivity (Wildman–Crippen MR) is 113 cm³/mol. The number of benzene rings is 2. The number of ether oxygens (including phenoxy) is 2. The van der Waals surface area contributed by atoms with Crippen molar-refractivity contribution in [3.63, 3.8) is 0 Å². The summed E-state index contributed by atoms with van der Waals surface area (Å²) in [5.41, 5.74) is 1.53. The van der Waals surface area contributed by atoms with Gasteiger partial charge >= 0.3 is 6.61 Å². The molecule has 8 heteroatoms. The molecule has 0 N–H and O–H groups in total. The molecule has 158 valence electrons. The zero-order valence-electron chi connectivity index (χ0n) is 16.5. The van der Waals surface area contributed by atoms with Gasteiger partial charge in [0, 0.05) is 11.8 Å². The van der Waals surface area contributed by atoms with E-state index in [1.165, 1.54) is 24.9 Å². The van der Waals surface area contributed by atoms with Crippen molar-refractivity contribution in [2.45, 2.75) is 49.2 Å². The summed E-state index contributed by atoms with van der Waals surface area (Å²) in [7, 11) is 1.41. The molecule has 0 saturated heterocycles. The summed E-state index contributed by atoms with van der Waals surface area (Å²) in [5, 5.41) is 1.31. The first-order valence-corrected chi connectivity index (χ1v) is 10.8. The monoisotopic (exact) mass is 432 g/mol. The molecule has 1 heterocycles. The molecular formula is C22H22F2N2O3S. The third-order valence-electron chi connectivity index (χ3n) is 5.28. The van der Waals surface area contributed by atoms with Crippen molar-refractivity contribution in [2.75, 3.05) is 7.11 Å². The van der Waals surface area contributed by atoms with Gasteiger partial charge in [-0.1, -0.05) is 42.8 Å². The van der Waals surface area contributed by atoms with Crippen LogP contribution in [-0.2, 0) is 5.75 Å². The summed E-state index contributed by atoms with van der Waals surface area (Å²) in [6, 6.07) is 12.4. The van der Waals surface area contributed by atoms with Gasteiger partial charge in [0.25, 0.3) is 5.56 Å². The van der Waals surface area contributed by atoms with Crippen molar-refractivity contribution in [2.24, 2.45) is 0 Å². The van der Waals surface area contributed by atoms with Crippen molar-refractivity contribution in [3.05, 3.63) is 58.4 Å². The van der Waals surface area contributed by atoms with E-state index in [-0.39, 0.29) is 23.1 Å². The number of hydrogen-bond acceptors (Lipinski definition) is 5. The smallest absolute Gasteiger partial charge is 0.387 e. The van der Waals surface area contributed by atoms with E-state index >= 15 is 0 Å². The Morgan fingerprint density at radius 1 is 1.17 bits per heavy atom. The van der Waals surface area contributed by atoms with E-state index in [4.69, 9.17) is 9.72 Å². The lowest BCUT2D eigenvalue weighted by Gasteiger charge is -2.19. The fraction of sp³-hybridized carbons (Fsp3) is 0.364. The largest absolute Gasteiger partial charge is 0.493 e. The van der Waals surface area contributed by atoms with Crippen LogP contribution in [0.3, 0.4) is 0 Å². The quantitative estimate of drug-likeness (QED) is 0.369. The zero-order valence-corrected chi connectivity index (χ0v) is 17.3. The lowest BCUT2D eigenvalue weighted by molar-refractivity contribution is -0.0512. The number of hydrogen-bond donors (Lipinski definition) is 0. The highest BCUT2D eigenvalue weighted by molar-refractivity contribution is 7.98. The summed E-state index contributed by atoms with van der Waals surface area (Å²) >= 11 is 1.46. The summed E-state index contributed by atoms with van der Waals surface area (Å²) in [4.78, 5) is 18.0. The van der Waals surface area contributed by atoms with Crippen LogP contribution in [0.15, 0.2) is 52.4 Å². The minimum Gasteiger partial charge on any atom is -0.493 e. The molecule has 0 amide bonds. The molecule has 0 aliphatic heterocycles. The van der Waals surface area contributed by atoms with E-state index in [1.807, 2.05) is 28.8 Å². The van der Waals surface area contributed by atoms with Gasteiger partial charge in [0.2, 0.25) is 0 Å². The maximum absolute atomic E-state index is 13.2. The number of nitrogens with zero attached hydrogens (tertiary/aromatic N) is 2. The predicted octanol–water partition coefficient (Wildman–Crippen LogP) is 5.41. The van der Waals surface area contributed by atoms with E-state index in [2.05, 4.69) is 4.74 Å². The average molecular weight is 432 g/mol. The van der Waals surface area contributed by atoms with Crippen LogP contribution in [-0.4, -0.2) is 23.3 Å². The van der Waals surface area contributed by atoms with E-state index in [0.29, 0.717) is 21.8 Å². The highest BCUT2D eigenvalue weighted by Gasteiger charge is 2.23. The zero-order chi connectivity index (χ0) is 21.1. The Morgan fingerprint density at radius 2 is 1.93 bits per heavy atom. The Morgan fingerprint density at radius 3 is 2.67 bits per heavy atom. The van der Waals surface area contributed by atoms with Gasteiger partial charge in [0.15, 0.2) is 16.7 Å². The number of rotatable bonds is 7. The van der Waals surface area contributed by atoms with E-state index < -0.39 is 6.61 Å². The van der Waals surface area contributed by atoms with Crippen LogP contribution in [0.4, 0.5) is 8.78 Å². The van der Waals surface area contributed by atoms with Crippen LogP contribution >= 0.6 is 11.8 Å². The molecule has 0 spiro atoms. The molecule has 1 saturated carbocycles. The minimum absolute atomic E-state index is 0.00624. The molecule has 1 aromatic heterocycles. The number of halogens is 2. The minimum atomic E-state index is -2.92. The van der Waals surface area contributed by atoms with Gasteiger partial charge < -0.3 is 9.47 Å². The first kappa shape index (κ1) is 20.7. The molecule has 4 rings (SSSR count). The van der Waals surface area contributed by atoms with E-state index in [0.717, 1.165) is 31.2 Å².